The predicted molar refractivity (Wildman–Crippen MR) is 132 cm³/mol. The number of nitrogens with zero attached hydrogens (tertiary/aromatic N) is 1. The lowest BCUT2D eigenvalue weighted by Crippen LogP contribution is -2.29. The van der Waals surface area contributed by atoms with Crippen LogP contribution in [0.1, 0.15) is 28.3 Å². The van der Waals surface area contributed by atoms with Crippen LogP contribution in [0, 0.1) is 19.7 Å². The number of halogens is 2. The van der Waals surface area contributed by atoms with Gasteiger partial charge in [0.2, 0.25) is 0 Å². The summed E-state index contributed by atoms with van der Waals surface area (Å²) in [5.41, 5.74) is 2.82. The number of methoxy groups -OCH3 is 2. The molecule has 1 aliphatic rings. The van der Waals surface area contributed by atoms with E-state index in [4.69, 9.17) is 21.1 Å². The SMILES string of the molecule is COc1cc(/C(O)=C2\C(=O)C(=O)N(c3ccc(C)c(C)c3)C2c2ccc(F)cc2)c(OC)cc1Cl. The van der Waals surface area contributed by atoms with Gasteiger partial charge in [-0.2, -0.15) is 0 Å². The van der Waals surface area contributed by atoms with E-state index in [1.54, 1.807) is 12.1 Å². The zero-order valence-corrected chi connectivity index (χ0v) is 20.3. The van der Waals surface area contributed by atoms with Crippen molar-refractivity contribution in [3.8, 4) is 11.5 Å². The van der Waals surface area contributed by atoms with Crippen molar-refractivity contribution in [3.05, 3.63) is 93.3 Å². The maximum atomic E-state index is 13.7. The highest BCUT2D eigenvalue weighted by atomic mass is 35.5. The van der Waals surface area contributed by atoms with Crippen LogP contribution >= 0.6 is 11.6 Å². The maximum Gasteiger partial charge on any atom is 0.300 e. The van der Waals surface area contributed by atoms with Gasteiger partial charge in [0.1, 0.15) is 23.1 Å². The number of benzene rings is 3. The lowest BCUT2D eigenvalue weighted by Gasteiger charge is -2.26. The molecule has 1 fully saturated rings. The van der Waals surface area contributed by atoms with Crippen LogP contribution in [0.25, 0.3) is 5.76 Å². The molecule has 180 valence electrons. The molecule has 0 spiro atoms. The fourth-order valence-corrected chi connectivity index (χ4v) is 4.36. The third-order valence-electron chi connectivity index (χ3n) is 6.13. The summed E-state index contributed by atoms with van der Waals surface area (Å²) >= 11 is 6.20. The van der Waals surface area contributed by atoms with Gasteiger partial charge in [0.15, 0.2) is 0 Å². The third kappa shape index (κ3) is 4.23. The molecule has 0 aromatic heterocycles. The predicted octanol–water partition coefficient (Wildman–Crippen LogP) is 5.74. The summed E-state index contributed by atoms with van der Waals surface area (Å²) in [4.78, 5) is 28.0. The number of aliphatic hydroxyl groups excluding tert-OH is 1. The molecule has 0 aliphatic carbocycles. The number of hydrogen-bond acceptors (Lipinski definition) is 5. The molecule has 1 atom stereocenters. The summed E-state index contributed by atoms with van der Waals surface area (Å²) in [7, 11) is 2.80. The van der Waals surface area contributed by atoms with Crippen molar-refractivity contribution in [1.29, 1.82) is 0 Å². The van der Waals surface area contributed by atoms with E-state index >= 15 is 0 Å². The molecule has 1 saturated heterocycles. The molecule has 8 heteroatoms. The van der Waals surface area contributed by atoms with Gasteiger partial charge in [-0.3, -0.25) is 14.5 Å². The molecule has 1 amide bonds. The van der Waals surface area contributed by atoms with Gasteiger partial charge in [0.05, 0.1) is 36.4 Å². The van der Waals surface area contributed by atoms with Crippen molar-refractivity contribution in [2.75, 3.05) is 19.1 Å². The Labute approximate surface area is 207 Å². The largest absolute Gasteiger partial charge is 0.507 e. The second-order valence-corrected chi connectivity index (χ2v) is 8.58. The second-order valence-electron chi connectivity index (χ2n) is 8.18. The highest BCUT2D eigenvalue weighted by Gasteiger charge is 2.47. The lowest BCUT2D eigenvalue weighted by molar-refractivity contribution is -0.132. The van der Waals surface area contributed by atoms with Crippen LogP contribution in [0.3, 0.4) is 0 Å². The Hall–Kier alpha value is -3.84. The summed E-state index contributed by atoms with van der Waals surface area (Å²) in [5, 5.41) is 11.7. The maximum absolute atomic E-state index is 13.7. The van der Waals surface area contributed by atoms with E-state index < -0.39 is 29.3 Å². The van der Waals surface area contributed by atoms with Crippen molar-refractivity contribution in [2.24, 2.45) is 0 Å². The summed E-state index contributed by atoms with van der Waals surface area (Å²) < 4.78 is 24.4. The number of aryl methyl sites for hydroxylation is 2. The minimum absolute atomic E-state index is 0.124. The zero-order chi connectivity index (χ0) is 25.4. The second kappa shape index (κ2) is 9.43. The first-order valence-corrected chi connectivity index (χ1v) is 11.1. The lowest BCUT2D eigenvalue weighted by atomic mass is 9.94. The molecule has 1 N–H and O–H groups in total. The van der Waals surface area contributed by atoms with Crippen molar-refractivity contribution >= 4 is 34.7 Å². The first-order chi connectivity index (χ1) is 16.7. The molecule has 0 radical (unpaired) electrons. The number of aliphatic hydroxyl groups is 1. The smallest absolute Gasteiger partial charge is 0.300 e. The monoisotopic (exact) mass is 495 g/mol. The van der Waals surface area contributed by atoms with E-state index in [-0.39, 0.29) is 27.7 Å². The van der Waals surface area contributed by atoms with Crippen LogP contribution in [-0.2, 0) is 9.59 Å². The van der Waals surface area contributed by atoms with Crippen LogP contribution in [0.4, 0.5) is 10.1 Å². The molecule has 35 heavy (non-hydrogen) atoms. The fourth-order valence-electron chi connectivity index (χ4n) is 4.13. The standard InChI is InChI=1S/C27H23ClFNO5/c1-14-5-10-18(11-15(14)2)30-24(16-6-8-17(29)9-7-16)23(26(32)27(30)33)25(31)19-12-22(35-4)20(28)13-21(19)34-3/h5-13,24,31H,1-4H3/b25-23+. The van der Waals surface area contributed by atoms with E-state index in [0.717, 1.165) is 11.1 Å². The van der Waals surface area contributed by atoms with E-state index in [9.17, 15) is 19.1 Å². The van der Waals surface area contributed by atoms with E-state index in [2.05, 4.69) is 0 Å². The van der Waals surface area contributed by atoms with Crippen LogP contribution < -0.4 is 14.4 Å². The summed E-state index contributed by atoms with van der Waals surface area (Å²) in [6.07, 6.45) is 0. The van der Waals surface area contributed by atoms with E-state index in [1.807, 2.05) is 19.9 Å². The molecule has 1 unspecified atom stereocenters. The van der Waals surface area contributed by atoms with Crippen molar-refractivity contribution in [2.45, 2.75) is 19.9 Å². The highest BCUT2D eigenvalue weighted by Crippen LogP contribution is 2.45. The molecule has 3 aromatic rings. The average Bonchev–Trinajstić information content (AvgIpc) is 3.11. The van der Waals surface area contributed by atoms with Gasteiger partial charge in [-0.1, -0.05) is 29.8 Å². The molecule has 0 bridgehead atoms. The fraction of sp³-hybridized carbons (Fsp3) is 0.185. The Morgan fingerprint density at radius 3 is 2.20 bits per heavy atom. The number of hydrogen-bond donors (Lipinski definition) is 1. The number of Topliss-reactive ketones (excluding diaryl/α,β-unsaturated/α-hetero) is 1. The molecule has 6 nitrogen and oxygen atoms in total. The Morgan fingerprint density at radius 1 is 0.943 bits per heavy atom. The molecule has 4 rings (SSSR count). The minimum atomic E-state index is -1.01. The number of ketones is 1. The molecule has 1 aliphatic heterocycles. The molecule has 1 heterocycles. The Bertz CT molecular complexity index is 1370. The number of rotatable bonds is 5. The van der Waals surface area contributed by atoms with Crippen LogP contribution in [0.5, 0.6) is 11.5 Å². The number of anilines is 1. The van der Waals surface area contributed by atoms with Gasteiger partial charge in [0.25, 0.3) is 11.7 Å². The molecular weight excluding hydrogens is 473 g/mol. The van der Waals surface area contributed by atoms with Gasteiger partial charge < -0.3 is 14.6 Å². The number of carbonyl (C=O) groups excluding carboxylic acids is 2. The minimum Gasteiger partial charge on any atom is -0.507 e. The number of ether oxygens (including phenoxy) is 2. The Balaban J connectivity index is 2.00. The van der Waals surface area contributed by atoms with Crippen LogP contribution in [-0.4, -0.2) is 31.0 Å². The molecule has 0 saturated carbocycles. The van der Waals surface area contributed by atoms with E-state index in [1.165, 1.54) is 55.5 Å². The van der Waals surface area contributed by atoms with Gasteiger partial charge in [0, 0.05) is 11.8 Å². The van der Waals surface area contributed by atoms with Crippen molar-refractivity contribution < 1.29 is 28.6 Å². The first kappa shape index (κ1) is 24.3. The molecule has 3 aromatic carbocycles. The van der Waals surface area contributed by atoms with Crippen LogP contribution in [0.15, 0.2) is 60.2 Å². The Kier molecular flexibility index (Phi) is 6.54. The van der Waals surface area contributed by atoms with Crippen molar-refractivity contribution in [3.63, 3.8) is 0 Å². The van der Waals surface area contributed by atoms with Crippen molar-refractivity contribution in [1.82, 2.24) is 0 Å². The van der Waals surface area contributed by atoms with Gasteiger partial charge in [-0.05, 0) is 60.9 Å². The average molecular weight is 496 g/mol. The number of carbonyl (C=O) groups is 2. The van der Waals surface area contributed by atoms with Gasteiger partial charge >= 0.3 is 0 Å². The summed E-state index contributed by atoms with van der Waals surface area (Å²) in [6.45, 7) is 3.83. The first-order valence-electron chi connectivity index (χ1n) is 10.7. The topological polar surface area (TPSA) is 76.1 Å². The molecular formula is C27H23ClFNO5. The third-order valence-corrected chi connectivity index (χ3v) is 6.42. The quantitative estimate of drug-likeness (QED) is 0.277. The summed E-state index contributed by atoms with van der Waals surface area (Å²) in [5.74, 6) is -2.20. The van der Waals surface area contributed by atoms with Crippen LogP contribution in [0.2, 0.25) is 5.02 Å². The highest BCUT2D eigenvalue weighted by molar-refractivity contribution is 6.51. The number of amides is 1. The van der Waals surface area contributed by atoms with E-state index in [0.29, 0.717) is 11.3 Å². The summed E-state index contributed by atoms with van der Waals surface area (Å²) in [6, 6.07) is 12.7. The van der Waals surface area contributed by atoms with Gasteiger partial charge in [-0.15, -0.1) is 0 Å². The van der Waals surface area contributed by atoms with Gasteiger partial charge in [-0.25, -0.2) is 4.39 Å². The Morgan fingerprint density at radius 2 is 1.60 bits per heavy atom. The normalized spacial score (nSPS) is 17.1. The zero-order valence-electron chi connectivity index (χ0n) is 19.6.